The van der Waals surface area contributed by atoms with Gasteiger partial charge < -0.3 is 0 Å². The van der Waals surface area contributed by atoms with Crippen LogP contribution in [0.1, 0.15) is 38.8 Å². The molecule has 1 heterocycles. The maximum absolute atomic E-state index is 4.28. The van der Waals surface area contributed by atoms with E-state index in [4.69, 9.17) is 0 Å². The van der Waals surface area contributed by atoms with Crippen LogP contribution in [-0.4, -0.2) is 11.7 Å². The highest BCUT2D eigenvalue weighted by atomic mass is 14.6. The Morgan fingerprint density at radius 3 is 2.00 bits per heavy atom. The number of rotatable bonds is 1. The minimum atomic E-state index is 0.998. The van der Waals surface area contributed by atoms with Crippen molar-refractivity contribution in [2.75, 3.05) is 0 Å². The molecule has 2 heteroatoms. The summed E-state index contributed by atoms with van der Waals surface area (Å²) in [5, 5.41) is 3.28. The van der Waals surface area contributed by atoms with E-state index in [-0.39, 0.29) is 0 Å². The third-order valence-corrected chi connectivity index (χ3v) is 3.47. The zero-order chi connectivity index (χ0) is 19.9. The molecule has 0 spiro atoms. The normalized spacial score (nSPS) is 9.69. The zero-order valence-electron chi connectivity index (χ0n) is 17.1. The van der Waals surface area contributed by atoms with Crippen molar-refractivity contribution in [3.63, 3.8) is 0 Å². The van der Waals surface area contributed by atoms with Gasteiger partial charge in [-0.05, 0) is 43.0 Å². The third-order valence-electron chi connectivity index (χ3n) is 3.47. The van der Waals surface area contributed by atoms with E-state index >= 15 is 0 Å². The quantitative estimate of drug-likeness (QED) is 0.538. The highest BCUT2D eigenvalue weighted by Crippen LogP contribution is 2.13. The number of hydrogen-bond donors (Lipinski definition) is 0. The van der Waals surface area contributed by atoms with Crippen molar-refractivity contribution < 1.29 is 0 Å². The largest absolute Gasteiger partial charge is 0.272 e. The molecule has 0 atom stereocenters. The first-order chi connectivity index (χ1) is 12.6. The fourth-order valence-corrected chi connectivity index (χ4v) is 2.27. The van der Waals surface area contributed by atoms with Crippen molar-refractivity contribution >= 4 is 30.4 Å². The number of aryl methyl sites for hydroxylation is 2. The van der Waals surface area contributed by atoms with Crippen molar-refractivity contribution in [1.29, 1.82) is 0 Å². The summed E-state index contributed by atoms with van der Waals surface area (Å²) in [7, 11) is 0. The summed E-state index contributed by atoms with van der Waals surface area (Å²) in [5.74, 6) is 0. The SMILES string of the molecule is C=N/C=c1/c(C)cccc1=C.CC.CC.Cc1cccc2cccnc12. The average Bonchev–Trinajstić information content (AvgIpc) is 2.69. The lowest BCUT2D eigenvalue weighted by Gasteiger charge is -1.97. The summed E-state index contributed by atoms with van der Waals surface area (Å²) >= 11 is 0. The van der Waals surface area contributed by atoms with Gasteiger partial charge in [-0.15, -0.1) is 0 Å². The first kappa shape index (κ1) is 23.3. The molecule has 0 aliphatic rings. The van der Waals surface area contributed by atoms with Gasteiger partial charge in [-0.25, -0.2) is 0 Å². The molecule has 0 fully saturated rings. The van der Waals surface area contributed by atoms with Crippen LogP contribution >= 0.6 is 0 Å². The predicted octanol–water partition coefficient (Wildman–Crippen LogP) is 5.44. The number of para-hydroxylation sites is 1. The van der Waals surface area contributed by atoms with E-state index in [2.05, 4.69) is 54.5 Å². The summed E-state index contributed by atoms with van der Waals surface area (Å²) in [6.07, 6.45) is 3.56. The Balaban J connectivity index is 0.000000404. The number of benzene rings is 2. The smallest absolute Gasteiger partial charge is 0.0731 e. The van der Waals surface area contributed by atoms with Crippen molar-refractivity contribution in [2.24, 2.45) is 4.99 Å². The van der Waals surface area contributed by atoms with E-state index in [1.54, 1.807) is 6.20 Å². The number of aromatic nitrogens is 1. The van der Waals surface area contributed by atoms with Crippen molar-refractivity contribution in [1.82, 2.24) is 4.98 Å². The second-order valence-corrected chi connectivity index (χ2v) is 5.11. The van der Waals surface area contributed by atoms with Crippen LogP contribution in [-0.2, 0) is 0 Å². The molecule has 0 N–H and O–H groups in total. The first-order valence-corrected chi connectivity index (χ1v) is 9.14. The van der Waals surface area contributed by atoms with E-state index in [0.29, 0.717) is 0 Å². The van der Waals surface area contributed by atoms with Crippen LogP contribution in [0.25, 0.3) is 23.7 Å². The van der Waals surface area contributed by atoms with Gasteiger partial charge in [-0.2, -0.15) is 0 Å². The Hall–Kier alpha value is -2.74. The van der Waals surface area contributed by atoms with E-state index in [0.717, 1.165) is 16.0 Å². The first-order valence-electron chi connectivity index (χ1n) is 9.14. The van der Waals surface area contributed by atoms with E-state index < -0.39 is 0 Å². The van der Waals surface area contributed by atoms with Gasteiger partial charge in [0.2, 0.25) is 0 Å². The molecule has 0 saturated carbocycles. The number of nitrogens with zero attached hydrogens (tertiary/aromatic N) is 2. The summed E-state index contributed by atoms with van der Waals surface area (Å²) in [6.45, 7) is 19.4. The molecule has 3 aromatic rings. The van der Waals surface area contributed by atoms with Gasteiger partial charge >= 0.3 is 0 Å². The van der Waals surface area contributed by atoms with Crippen molar-refractivity contribution in [2.45, 2.75) is 41.5 Å². The number of hydrogen-bond acceptors (Lipinski definition) is 2. The van der Waals surface area contributed by atoms with Gasteiger partial charge in [-0.1, -0.05) is 76.7 Å². The molecule has 0 radical (unpaired) electrons. The average molecular weight is 349 g/mol. The minimum Gasteiger partial charge on any atom is -0.272 e. The molecule has 0 aliphatic carbocycles. The van der Waals surface area contributed by atoms with Crippen LogP contribution in [0.4, 0.5) is 0 Å². The van der Waals surface area contributed by atoms with Crippen LogP contribution < -0.4 is 10.4 Å². The fraction of sp³-hybridized carbons (Fsp3) is 0.250. The van der Waals surface area contributed by atoms with Crippen molar-refractivity contribution in [3.8, 4) is 0 Å². The van der Waals surface area contributed by atoms with Crippen LogP contribution in [0, 0.1) is 13.8 Å². The Labute approximate surface area is 158 Å². The molecule has 2 aromatic carbocycles. The van der Waals surface area contributed by atoms with E-state index in [1.165, 1.54) is 16.5 Å². The highest BCUT2D eigenvalue weighted by Gasteiger charge is 1.93. The molecule has 138 valence electrons. The number of pyridine rings is 1. The summed E-state index contributed by atoms with van der Waals surface area (Å²) in [4.78, 5) is 7.99. The maximum Gasteiger partial charge on any atom is 0.0731 e. The monoisotopic (exact) mass is 348 g/mol. The molecule has 0 aliphatic heterocycles. The summed E-state index contributed by atoms with van der Waals surface area (Å²) in [6, 6.07) is 16.2. The van der Waals surface area contributed by atoms with Gasteiger partial charge in [-0.3, -0.25) is 9.98 Å². The van der Waals surface area contributed by atoms with Crippen LogP contribution in [0.2, 0.25) is 0 Å². The minimum absolute atomic E-state index is 0.998. The molecule has 0 bridgehead atoms. The van der Waals surface area contributed by atoms with Gasteiger partial charge in [0, 0.05) is 23.0 Å². The van der Waals surface area contributed by atoms with E-state index in [9.17, 15) is 0 Å². The van der Waals surface area contributed by atoms with Gasteiger partial charge in [0.05, 0.1) is 5.52 Å². The molecular formula is C24H32N2. The molecular weight excluding hydrogens is 316 g/mol. The summed E-state index contributed by atoms with van der Waals surface area (Å²) < 4.78 is 0. The molecule has 0 unspecified atom stereocenters. The van der Waals surface area contributed by atoms with Gasteiger partial charge in [0.1, 0.15) is 0 Å². The van der Waals surface area contributed by atoms with Gasteiger partial charge in [0.15, 0.2) is 0 Å². The van der Waals surface area contributed by atoms with Crippen LogP contribution in [0.3, 0.4) is 0 Å². The molecule has 1 aromatic heterocycles. The lowest BCUT2D eigenvalue weighted by molar-refractivity contribution is 1.36. The van der Waals surface area contributed by atoms with E-state index in [1.807, 2.05) is 65.1 Å². The lowest BCUT2D eigenvalue weighted by Crippen LogP contribution is -2.24. The molecule has 3 rings (SSSR count). The lowest BCUT2D eigenvalue weighted by atomic mass is 10.1. The Kier molecular flexibility index (Phi) is 12.1. The molecule has 26 heavy (non-hydrogen) atoms. The molecule has 0 saturated heterocycles. The van der Waals surface area contributed by atoms with Crippen LogP contribution in [0.15, 0.2) is 59.7 Å². The maximum atomic E-state index is 4.28. The standard InChI is InChI=1S/C10H9N.C10H11N.2C2H6/c1-8-4-2-5-9-6-3-7-11-10(8)9;1-8-5-4-6-9(2)10(8)7-11-3;2*1-2/h2-7H,1H3;4-7H,1,3H2,2H3;2*1-2H3/b;10-7+;;. The topological polar surface area (TPSA) is 25.2 Å². The number of aliphatic imine (C=N–C) groups is 1. The molecule has 2 nitrogen and oxygen atoms in total. The Bertz CT molecular complexity index is 890. The number of fused-ring (bicyclic) bond motifs is 1. The zero-order valence-corrected chi connectivity index (χ0v) is 17.1. The van der Waals surface area contributed by atoms with Crippen molar-refractivity contribution in [3.05, 3.63) is 76.3 Å². The Morgan fingerprint density at radius 1 is 0.846 bits per heavy atom. The Morgan fingerprint density at radius 2 is 1.42 bits per heavy atom. The van der Waals surface area contributed by atoms with Crippen LogP contribution in [0.5, 0.6) is 0 Å². The summed E-state index contributed by atoms with van der Waals surface area (Å²) in [5.41, 5.74) is 3.53. The fourth-order valence-electron chi connectivity index (χ4n) is 2.27. The second-order valence-electron chi connectivity index (χ2n) is 5.11. The second kappa shape index (κ2) is 13.5. The van der Waals surface area contributed by atoms with Gasteiger partial charge in [0.25, 0.3) is 0 Å². The predicted molar refractivity (Wildman–Crippen MR) is 119 cm³/mol. The highest BCUT2D eigenvalue weighted by molar-refractivity contribution is 5.81. The third kappa shape index (κ3) is 7.02. The molecule has 0 amide bonds.